The van der Waals surface area contributed by atoms with Gasteiger partial charge in [0.2, 0.25) is 0 Å². The summed E-state index contributed by atoms with van der Waals surface area (Å²) in [5.74, 6) is 0.0757. The molecule has 16 heavy (non-hydrogen) atoms. The van der Waals surface area contributed by atoms with Gasteiger partial charge in [-0.25, -0.2) is 4.98 Å². The summed E-state index contributed by atoms with van der Waals surface area (Å²) in [6, 6.07) is 0.00623. The van der Waals surface area contributed by atoms with Crippen molar-refractivity contribution in [1.29, 1.82) is 0 Å². The zero-order valence-electron chi connectivity index (χ0n) is 8.34. The lowest BCUT2D eigenvalue weighted by atomic mass is 10.4. The molecule has 0 aliphatic rings. The first kappa shape index (κ1) is 10.0. The molecule has 82 valence electrons. The van der Waals surface area contributed by atoms with Crippen LogP contribution < -0.4 is 11.1 Å². The molecule has 2 rings (SSSR count). The Morgan fingerprint density at radius 1 is 1.44 bits per heavy atom. The Hall–Kier alpha value is -2.51. The number of nitrogen functional groups attached to an aromatic ring is 1. The lowest BCUT2D eigenvalue weighted by molar-refractivity contribution is 0.101. The number of aromatic nitrogens is 4. The molecule has 0 unspecified atom stereocenters. The van der Waals surface area contributed by atoms with Gasteiger partial charge in [-0.3, -0.25) is 15.1 Å². The van der Waals surface area contributed by atoms with Crippen LogP contribution in [0.1, 0.15) is 16.3 Å². The monoisotopic (exact) mass is 220 g/mol. The van der Waals surface area contributed by atoms with Crippen LogP contribution in [-0.4, -0.2) is 26.0 Å². The second-order valence-corrected chi connectivity index (χ2v) is 2.93. The second kappa shape index (κ2) is 3.93. The third-order valence-corrected chi connectivity index (χ3v) is 1.63. The molecule has 3 N–H and O–H groups in total. The lowest BCUT2D eigenvalue weighted by Gasteiger charge is -1.99. The van der Waals surface area contributed by atoms with Crippen LogP contribution in [0.15, 0.2) is 16.9 Å². The van der Waals surface area contributed by atoms with E-state index < -0.39 is 5.91 Å². The molecule has 0 aromatic carbocycles. The smallest absolute Gasteiger partial charge is 0.328 e. The largest absolute Gasteiger partial charge is 0.382 e. The van der Waals surface area contributed by atoms with Crippen molar-refractivity contribution in [1.82, 2.24) is 20.1 Å². The van der Waals surface area contributed by atoms with Gasteiger partial charge < -0.3 is 10.3 Å². The minimum Gasteiger partial charge on any atom is -0.382 e. The Bertz CT molecular complexity index is 523. The van der Waals surface area contributed by atoms with Gasteiger partial charge in [-0.2, -0.15) is 4.98 Å². The minimum absolute atomic E-state index is 0.00623. The molecule has 0 saturated carbocycles. The number of anilines is 2. The van der Waals surface area contributed by atoms with Crippen LogP contribution in [0.2, 0.25) is 0 Å². The first-order valence-electron chi connectivity index (χ1n) is 4.34. The molecule has 0 aliphatic heterocycles. The SMILES string of the molecule is Cc1noc(NC(=O)c2cncc(N)n2)n1. The van der Waals surface area contributed by atoms with E-state index in [1.54, 1.807) is 6.92 Å². The summed E-state index contributed by atoms with van der Waals surface area (Å²) in [5.41, 5.74) is 5.47. The molecule has 0 bridgehead atoms. The molecule has 8 heteroatoms. The first-order valence-corrected chi connectivity index (χ1v) is 4.34. The van der Waals surface area contributed by atoms with Crippen LogP contribution in [0, 0.1) is 6.92 Å². The highest BCUT2D eigenvalue weighted by atomic mass is 16.5. The number of carbonyl (C=O) groups is 1. The van der Waals surface area contributed by atoms with Crippen molar-refractivity contribution in [3.63, 3.8) is 0 Å². The maximum Gasteiger partial charge on any atom is 0.328 e. The molecule has 2 aromatic rings. The Morgan fingerprint density at radius 3 is 2.88 bits per heavy atom. The van der Waals surface area contributed by atoms with E-state index in [0.29, 0.717) is 5.82 Å². The van der Waals surface area contributed by atoms with Gasteiger partial charge in [0.1, 0.15) is 11.5 Å². The molecular formula is C8H8N6O2. The molecule has 1 amide bonds. The number of aryl methyl sites for hydroxylation is 1. The second-order valence-electron chi connectivity index (χ2n) is 2.93. The van der Waals surface area contributed by atoms with Crippen LogP contribution >= 0.6 is 0 Å². The van der Waals surface area contributed by atoms with Crippen LogP contribution in [0.25, 0.3) is 0 Å². The van der Waals surface area contributed by atoms with E-state index in [-0.39, 0.29) is 17.5 Å². The molecule has 0 radical (unpaired) electrons. The third kappa shape index (κ3) is 2.11. The van der Waals surface area contributed by atoms with Gasteiger partial charge in [0.05, 0.1) is 12.4 Å². The third-order valence-electron chi connectivity index (χ3n) is 1.63. The van der Waals surface area contributed by atoms with Gasteiger partial charge in [0.25, 0.3) is 5.91 Å². The summed E-state index contributed by atoms with van der Waals surface area (Å²) in [6.45, 7) is 1.64. The Labute approximate surface area is 89.9 Å². The summed E-state index contributed by atoms with van der Waals surface area (Å²) in [4.78, 5) is 22.9. The van der Waals surface area contributed by atoms with Gasteiger partial charge >= 0.3 is 6.01 Å². The predicted molar refractivity (Wildman–Crippen MR) is 53.4 cm³/mol. The summed E-state index contributed by atoms with van der Waals surface area (Å²) < 4.78 is 4.71. The number of nitrogens with zero attached hydrogens (tertiary/aromatic N) is 4. The number of amides is 1. The maximum absolute atomic E-state index is 11.6. The fourth-order valence-corrected chi connectivity index (χ4v) is 0.999. The minimum atomic E-state index is -0.511. The summed E-state index contributed by atoms with van der Waals surface area (Å²) >= 11 is 0. The predicted octanol–water partition coefficient (Wildman–Crippen LogP) is 0.00252. The molecule has 8 nitrogen and oxygen atoms in total. The van der Waals surface area contributed by atoms with Gasteiger partial charge in [-0.15, -0.1) is 0 Å². The van der Waals surface area contributed by atoms with Gasteiger partial charge in [-0.1, -0.05) is 5.16 Å². The molecule has 2 heterocycles. The van der Waals surface area contributed by atoms with E-state index >= 15 is 0 Å². The highest BCUT2D eigenvalue weighted by molar-refractivity contribution is 6.01. The van der Waals surface area contributed by atoms with Crippen molar-refractivity contribution in [2.24, 2.45) is 0 Å². The molecule has 0 atom stereocenters. The number of rotatable bonds is 2. The Kier molecular flexibility index (Phi) is 2.46. The Morgan fingerprint density at radius 2 is 2.25 bits per heavy atom. The van der Waals surface area contributed by atoms with E-state index in [1.165, 1.54) is 12.4 Å². The number of carbonyl (C=O) groups excluding carboxylic acids is 1. The fraction of sp³-hybridized carbons (Fsp3) is 0.125. The van der Waals surface area contributed by atoms with Crippen LogP contribution in [0.3, 0.4) is 0 Å². The normalized spacial score (nSPS) is 10.1. The topological polar surface area (TPSA) is 120 Å². The van der Waals surface area contributed by atoms with Crippen molar-refractivity contribution < 1.29 is 9.32 Å². The molecule has 0 fully saturated rings. The molecule has 0 saturated heterocycles. The van der Waals surface area contributed by atoms with E-state index in [9.17, 15) is 4.79 Å². The first-order chi connectivity index (χ1) is 7.65. The van der Waals surface area contributed by atoms with Gasteiger partial charge in [0, 0.05) is 0 Å². The average molecular weight is 220 g/mol. The molecular weight excluding hydrogens is 212 g/mol. The van der Waals surface area contributed by atoms with Gasteiger partial charge in [-0.05, 0) is 6.92 Å². The van der Waals surface area contributed by atoms with Crippen LogP contribution in [-0.2, 0) is 0 Å². The maximum atomic E-state index is 11.6. The van der Waals surface area contributed by atoms with Crippen LogP contribution in [0.5, 0.6) is 0 Å². The highest BCUT2D eigenvalue weighted by Gasteiger charge is 2.12. The van der Waals surface area contributed by atoms with E-state index in [4.69, 9.17) is 10.3 Å². The number of hydrogen-bond donors (Lipinski definition) is 2. The summed E-state index contributed by atoms with van der Waals surface area (Å²) in [6.07, 6.45) is 2.63. The van der Waals surface area contributed by atoms with Crippen LogP contribution in [0.4, 0.5) is 11.8 Å². The van der Waals surface area contributed by atoms with Crippen molar-refractivity contribution in [2.75, 3.05) is 11.1 Å². The number of nitrogens with one attached hydrogen (secondary N) is 1. The zero-order chi connectivity index (χ0) is 11.5. The Balaban J connectivity index is 2.14. The summed E-state index contributed by atoms with van der Waals surface area (Å²) in [7, 11) is 0. The van der Waals surface area contributed by atoms with Crippen molar-refractivity contribution >= 4 is 17.7 Å². The molecule has 2 aromatic heterocycles. The van der Waals surface area contributed by atoms with E-state index in [1.807, 2.05) is 0 Å². The lowest BCUT2D eigenvalue weighted by Crippen LogP contribution is -2.15. The van der Waals surface area contributed by atoms with Crippen molar-refractivity contribution in [2.45, 2.75) is 6.92 Å². The molecule has 0 aliphatic carbocycles. The quantitative estimate of drug-likeness (QED) is 0.730. The average Bonchev–Trinajstić information content (AvgIpc) is 2.64. The van der Waals surface area contributed by atoms with E-state index in [2.05, 4.69) is 25.4 Å². The van der Waals surface area contributed by atoms with E-state index in [0.717, 1.165) is 0 Å². The van der Waals surface area contributed by atoms with Gasteiger partial charge in [0.15, 0.2) is 5.82 Å². The fourth-order valence-electron chi connectivity index (χ4n) is 0.999. The summed E-state index contributed by atoms with van der Waals surface area (Å²) in [5, 5.41) is 5.89. The molecule has 0 spiro atoms. The highest BCUT2D eigenvalue weighted by Crippen LogP contribution is 2.05. The van der Waals surface area contributed by atoms with Crippen molar-refractivity contribution in [3.8, 4) is 0 Å². The number of nitrogens with two attached hydrogens (primary N) is 1. The van der Waals surface area contributed by atoms with Crippen molar-refractivity contribution in [3.05, 3.63) is 23.9 Å². The zero-order valence-corrected chi connectivity index (χ0v) is 8.34. The standard InChI is InChI=1S/C8H8N6O2/c1-4-11-8(16-14-4)13-7(15)5-2-10-3-6(9)12-5/h2-3H,1H3,(H2,9,12)(H,11,13,14,15). The number of hydrogen-bond acceptors (Lipinski definition) is 7.